The second-order valence-electron chi connectivity index (χ2n) is 9.89. The molecule has 2 heterocycles. The fraction of sp³-hybridized carbons (Fsp3) is 0.308. The molecule has 1 aromatic heterocycles. The maximum absolute atomic E-state index is 13.6. The Morgan fingerprint density at radius 2 is 1.79 bits per heavy atom. The number of primary amides is 2. The Labute approximate surface area is 263 Å². The van der Waals surface area contributed by atoms with Crippen LogP contribution in [0.1, 0.15) is 34.3 Å². The van der Waals surface area contributed by atoms with Crippen LogP contribution >= 0.6 is 11.6 Å². The van der Waals surface area contributed by atoms with Gasteiger partial charge in [0, 0.05) is 21.9 Å². The van der Waals surface area contributed by atoms with Crippen molar-refractivity contribution in [2.45, 2.75) is 37.1 Å². The van der Waals surface area contributed by atoms with E-state index >= 15 is 0 Å². The molecule has 3 aromatic rings. The topological polar surface area (TPSA) is 193 Å². The van der Waals surface area contributed by atoms with Crippen LogP contribution in [0, 0.1) is 0 Å². The van der Waals surface area contributed by atoms with E-state index in [1.807, 2.05) is 0 Å². The number of esters is 2. The number of guanidine groups is 1. The maximum atomic E-state index is 13.6. The molecule has 0 fully saturated rings. The molecule has 4 rings (SSSR count). The summed E-state index contributed by atoms with van der Waals surface area (Å²) in [4.78, 5) is 53.2. The van der Waals surface area contributed by atoms with Crippen molar-refractivity contribution in [3.8, 4) is 5.75 Å². The van der Waals surface area contributed by atoms with Crippen LogP contribution in [0.5, 0.6) is 5.75 Å². The first-order chi connectivity index (χ1) is 21.8. The van der Waals surface area contributed by atoms with E-state index in [-0.39, 0.29) is 41.2 Å². The number of fused-ring (bicyclic) bond motifs is 1. The number of amides is 2. The second-order valence-corrected chi connectivity index (χ2v) is 10.3. The normalized spacial score (nSPS) is 16.4. The summed E-state index contributed by atoms with van der Waals surface area (Å²) in [6, 6.07) is 2.82. The van der Waals surface area contributed by atoms with E-state index in [1.54, 1.807) is 0 Å². The van der Waals surface area contributed by atoms with Gasteiger partial charge in [-0.25, -0.2) is 14.2 Å². The molecule has 3 atom stereocenters. The fourth-order valence-electron chi connectivity index (χ4n) is 4.62. The first-order valence-electron chi connectivity index (χ1n) is 13.0. The molecule has 47 heavy (non-hydrogen) atoms. The number of aliphatic imine (C=N–C) groups is 1. The number of ether oxygens (including phenoxy) is 2. The molecule has 0 saturated heterocycles. The molecule has 0 aliphatic carbocycles. The number of benzene rings is 2. The van der Waals surface area contributed by atoms with Crippen molar-refractivity contribution in [1.29, 1.82) is 0 Å². The smallest absolute Gasteiger partial charge is 0.406 e. The minimum absolute atomic E-state index is 0.0760. The number of carbonyl (C=O) groups excluding carboxylic acids is 4. The number of hydrogen-bond donors (Lipinski definition) is 4. The highest BCUT2D eigenvalue weighted by atomic mass is 35.5. The Balaban J connectivity index is 1.88. The molecule has 21 heteroatoms. The summed E-state index contributed by atoms with van der Waals surface area (Å²) in [7, 11) is 0. The number of aromatic nitrogens is 2. The average molecular weight is 696 g/mol. The lowest BCUT2D eigenvalue weighted by Gasteiger charge is -2.26. The summed E-state index contributed by atoms with van der Waals surface area (Å²) >= 11 is 5.98. The Morgan fingerprint density at radius 3 is 2.36 bits per heavy atom. The highest BCUT2D eigenvalue weighted by Crippen LogP contribution is 2.39. The van der Waals surface area contributed by atoms with Crippen LogP contribution in [0.3, 0.4) is 0 Å². The van der Waals surface area contributed by atoms with Crippen LogP contribution < -0.4 is 26.8 Å². The molecule has 0 radical (unpaired) electrons. The number of anilines is 1. The molecule has 252 valence electrons. The number of halogens is 8. The lowest BCUT2D eigenvalue weighted by molar-refractivity contribution is -0.274. The van der Waals surface area contributed by atoms with E-state index in [1.165, 1.54) is 6.07 Å². The van der Waals surface area contributed by atoms with Gasteiger partial charge in [0.2, 0.25) is 11.8 Å². The van der Waals surface area contributed by atoms with Crippen molar-refractivity contribution in [3.63, 3.8) is 0 Å². The maximum Gasteiger partial charge on any atom is 0.573 e. The van der Waals surface area contributed by atoms with Gasteiger partial charge in [0.15, 0.2) is 5.96 Å². The van der Waals surface area contributed by atoms with Crippen molar-refractivity contribution < 1.29 is 59.4 Å². The summed E-state index contributed by atoms with van der Waals surface area (Å²) in [5, 5.41) is 9.30. The van der Waals surface area contributed by atoms with Crippen molar-refractivity contribution in [3.05, 3.63) is 52.7 Å². The van der Waals surface area contributed by atoms with Gasteiger partial charge in [-0.1, -0.05) is 11.6 Å². The van der Waals surface area contributed by atoms with E-state index in [0.717, 1.165) is 23.0 Å². The van der Waals surface area contributed by atoms with Gasteiger partial charge >= 0.3 is 24.5 Å². The third-order valence-corrected chi connectivity index (χ3v) is 6.73. The number of nitrogens with zero attached hydrogens (tertiary/aromatic N) is 3. The summed E-state index contributed by atoms with van der Waals surface area (Å²) in [5.41, 5.74) is 10.5. The second kappa shape index (κ2) is 13.3. The van der Waals surface area contributed by atoms with Crippen LogP contribution in [-0.4, -0.2) is 71.3 Å². The third kappa shape index (κ3) is 8.57. The van der Waals surface area contributed by atoms with Gasteiger partial charge in [0.1, 0.15) is 18.0 Å². The number of alkyl halides is 7. The summed E-state index contributed by atoms with van der Waals surface area (Å²) in [6.45, 7) is -0.312. The van der Waals surface area contributed by atoms with Gasteiger partial charge in [-0.05, 0) is 35.9 Å². The monoisotopic (exact) mass is 695 g/mol. The molecule has 0 saturated carbocycles. The molecule has 0 spiro atoms. The van der Waals surface area contributed by atoms with Crippen LogP contribution in [0.4, 0.5) is 36.4 Å². The zero-order chi connectivity index (χ0) is 34.8. The molecule has 1 aliphatic rings. The number of carbonyl (C=O) groups is 4. The van der Waals surface area contributed by atoms with Crippen molar-refractivity contribution in [2.75, 3.05) is 18.4 Å². The summed E-state index contributed by atoms with van der Waals surface area (Å²) in [6.07, 6.45) is -12.3. The highest BCUT2D eigenvalue weighted by Gasteiger charge is 2.44. The first kappa shape index (κ1) is 34.7. The number of hydrogen-bond acceptors (Lipinski definition) is 10. The van der Waals surface area contributed by atoms with E-state index in [0.29, 0.717) is 12.1 Å². The fourth-order valence-corrected chi connectivity index (χ4v) is 4.85. The van der Waals surface area contributed by atoms with Gasteiger partial charge in [-0.15, -0.1) is 13.2 Å². The van der Waals surface area contributed by atoms with Crippen LogP contribution in [-0.2, 0) is 19.1 Å². The zero-order valence-corrected chi connectivity index (χ0v) is 24.0. The molecular formula is C26H21ClF7N7O6. The number of rotatable bonds is 9. The van der Waals surface area contributed by atoms with Gasteiger partial charge in [-0.2, -0.15) is 18.3 Å². The van der Waals surface area contributed by atoms with Crippen LogP contribution in [0.15, 0.2) is 41.5 Å². The Hall–Kier alpha value is -5.14. The Morgan fingerprint density at radius 1 is 1.09 bits per heavy atom. The molecule has 2 aromatic carbocycles. The van der Waals surface area contributed by atoms with Gasteiger partial charge < -0.3 is 31.6 Å². The number of nitrogens with two attached hydrogens (primary N) is 2. The predicted octanol–water partition coefficient (Wildman–Crippen LogP) is 3.23. The summed E-state index contributed by atoms with van der Waals surface area (Å²) < 4.78 is 99.7. The molecule has 2 unspecified atom stereocenters. The zero-order valence-electron chi connectivity index (χ0n) is 23.3. The van der Waals surface area contributed by atoms with Crippen molar-refractivity contribution >= 4 is 57.9 Å². The lowest BCUT2D eigenvalue weighted by Crippen LogP contribution is -2.41. The molecular weight excluding hydrogens is 675 g/mol. The first-order valence-corrected chi connectivity index (χ1v) is 13.4. The third-order valence-electron chi connectivity index (χ3n) is 6.51. The van der Waals surface area contributed by atoms with Crippen LogP contribution in [0.25, 0.3) is 10.9 Å². The van der Waals surface area contributed by atoms with E-state index < -0.39 is 77.2 Å². The van der Waals surface area contributed by atoms with E-state index in [9.17, 15) is 49.9 Å². The molecule has 13 nitrogen and oxygen atoms in total. The standard InChI is InChI=1S/C26H21ClF7N7O6/c27-12-1-10(2-14(5-12)47-26(32,33)34)15(6-19(42)46-23(45)25(29,30)31)20(22(36)44)41-18-4-11(21(35)43)3-17(16(18)9-39-41)40-24-37-7-13(28)8-38-24/h1-5,9,13,15,20H,6-8H2,(H2,35,43)(H2,36,44)(H2,37,38,40)/t15-,20?/m0/s1. The molecule has 1 aliphatic heterocycles. The quantitative estimate of drug-likeness (QED) is 0.148. The molecule has 6 N–H and O–H groups in total. The predicted molar refractivity (Wildman–Crippen MR) is 148 cm³/mol. The lowest BCUT2D eigenvalue weighted by atomic mass is 9.87. The highest BCUT2D eigenvalue weighted by molar-refractivity contribution is 6.30. The summed E-state index contributed by atoms with van der Waals surface area (Å²) in [5.74, 6) is -9.78. The van der Waals surface area contributed by atoms with Crippen LogP contribution in [0.2, 0.25) is 5.02 Å². The van der Waals surface area contributed by atoms with Crippen molar-refractivity contribution in [1.82, 2.24) is 15.1 Å². The Kier molecular flexibility index (Phi) is 9.83. The van der Waals surface area contributed by atoms with Crippen molar-refractivity contribution in [2.24, 2.45) is 16.5 Å². The average Bonchev–Trinajstić information content (AvgIpc) is 3.35. The SMILES string of the molecule is NC(=O)c1cc(NC2=NCC(F)CN2)c2cnn(C(C(N)=O)[C@@H](CC(=O)OC(=O)C(F)(F)F)c3cc(Cl)cc(OC(F)(F)F)c3)c2c1. The number of nitrogens with one attached hydrogen (secondary N) is 2. The largest absolute Gasteiger partial charge is 0.573 e. The van der Waals surface area contributed by atoms with E-state index in [2.05, 4.69) is 30.2 Å². The molecule has 0 bridgehead atoms. The Bertz CT molecular complexity index is 1760. The minimum atomic E-state index is -5.60. The minimum Gasteiger partial charge on any atom is -0.406 e. The molecule has 2 amide bonds. The van der Waals surface area contributed by atoms with E-state index in [4.69, 9.17) is 23.1 Å². The van der Waals surface area contributed by atoms with Gasteiger partial charge in [0.25, 0.3) is 0 Å². The van der Waals surface area contributed by atoms with Gasteiger partial charge in [0.05, 0.1) is 36.9 Å². The van der Waals surface area contributed by atoms with Gasteiger partial charge in [-0.3, -0.25) is 19.1 Å².